The molecule has 3 heteroatoms. The summed E-state index contributed by atoms with van der Waals surface area (Å²) in [6.07, 6.45) is 2.50. The van der Waals surface area contributed by atoms with Crippen molar-refractivity contribution in [3.8, 4) is 0 Å². The monoisotopic (exact) mass is 269 g/mol. The molecule has 0 aromatic carbocycles. The minimum Gasteiger partial charge on any atom is -0.308 e. The number of hydrogen-bond donors (Lipinski definition) is 1. The Labute approximate surface area is 113 Å². The number of nitrogens with one attached hydrogen (secondary N) is 1. The van der Waals surface area contributed by atoms with Crippen LogP contribution in [-0.2, 0) is 13.0 Å². The van der Waals surface area contributed by atoms with E-state index in [0.29, 0.717) is 11.5 Å². The van der Waals surface area contributed by atoms with Crippen molar-refractivity contribution < 1.29 is 0 Å². The highest BCUT2D eigenvalue weighted by Crippen LogP contribution is 2.34. The molecule has 1 fully saturated rings. The van der Waals surface area contributed by atoms with Crippen molar-refractivity contribution in [2.24, 2.45) is 5.41 Å². The SMILES string of the molecule is CCc1ccc(CNC2CSCCC2(C)C)s1. The molecular formula is C14H23NS2. The molecule has 2 heterocycles. The van der Waals surface area contributed by atoms with Crippen molar-refractivity contribution >= 4 is 23.1 Å². The van der Waals surface area contributed by atoms with E-state index in [1.54, 1.807) is 0 Å². The molecule has 0 radical (unpaired) electrons. The molecule has 2 rings (SSSR count). The fraction of sp³-hybridized carbons (Fsp3) is 0.714. The van der Waals surface area contributed by atoms with Crippen LogP contribution in [0.5, 0.6) is 0 Å². The van der Waals surface area contributed by atoms with Gasteiger partial charge in [-0.2, -0.15) is 11.8 Å². The summed E-state index contributed by atoms with van der Waals surface area (Å²) >= 11 is 4.04. The summed E-state index contributed by atoms with van der Waals surface area (Å²) in [7, 11) is 0. The van der Waals surface area contributed by atoms with Crippen LogP contribution in [0.15, 0.2) is 12.1 Å². The molecule has 1 aliphatic heterocycles. The van der Waals surface area contributed by atoms with Crippen LogP contribution in [-0.4, -0.2) is 17.5 Å². The van der Waals surface area contributed by atoms with Crippen LogP contribution in [0, 0.1) is 5.41 Å². The van der Waals surface area contributed by atoms with Gasteiger partial charge in [-0.15, -0.1) is 11.3 Å². The molecule has 17 heavy (non-hydrogen) atoms. The average molecular weight is 269 g/mol. The van der Waals surface area contributed by atoms with Gasteiger partial charge < -0.3 is 5.32 Å². The molecule has 1 N–H and O–H groups in total. The van der Waals surface area contributed by atoms with E-state index in [9.17, 15) is 0 Å². The first kappa shape index (κ1) is 13.4. The van der Waals surface area contributed by atoms with Gasteiger partial charge in [0.15, 0.2) is 0 Å². The van der Waals surface area contributed by atoms with Crippen molar-refractivity contribution in [2.75, 3.05) is 11.5 Å². The summed E-state index contributed by atoms with van der Waals surface area (Å²) in [6, 6.07) is 5.20. The van der Waals surface area contributed by atoms with Gasteiger partial charge in [-0.05, 0) is 36.1 Å². The lowest BCUT2D eigenvalue weighted by Crippen LogP contribution is -2.46. The molecule has 0 spiro atoms. The van der Waals surface area contributed by atoms with E-state index in [1.807, 2.05) is 11.3 Å². The average Bonchev–Trinajstić information content (AvgIpc) is 2.75. The van der Waals surface area contributed by atoms with E-state index >= 15 is 0 Å². The molecule has 0 aliphatic carbocycles. The molecular weight excluding hydrogens is 246 g/mol. The quantitative estimate of drug-likeness (QED) is 0.889. The summed E-state index contributed by atoms with van der Waals surface area (Å²) < 4.78 is 0. The van der Waals surface area contributed by atoms with Gasteiger partial charge >= 0.3 is 0 Å². The van der Waals surface area contributed by atoms with Gasteiger partial charge in [-0.25, -0.2) is 0 Å². The van der Waals surface area contributed by atoms with E-state index < -0.39 is 0 Å². The molecule has 1 aromatic heterocycles. The summed E-state index contributed by atoms with van der Waals surface area (Å²) in [5.74, 6) is 2.59. The van der Waals surface area contributed by atoms with Gasteiger partial charge in [0.2, 0.25) is 0 Å². The highest BCUT2D eigenvalue weighted by atomic mass is 32.2. The normalized spacial score (nSPS) is 23.8. The predicted molar refractivity (Wildman–Crippen MR) is 80.0 cm³/mol. The Balaban J connectivity index is 1.88. The minimum atomic E-state index is 0.454. The van der Waals surface area contributed by atoms with Crippen LogP contribution < -0.4 is 5.32 Å². The fourth-order valence-electron chi connectivity index (χ4n) is 2.20. The second-order valence-electron chi connectivity index (χ2n) is 5.47. The largest absolute Gasteiger partial charge is 0.308 e. The molecule has 1 unspecified atom stereocenters. The fourth-order valence-corrected chi connectivity index (χ4v) is 4.75. The predicted octanol–water partition coefficient (Wildman–Crippen LogP) is 3.93. The molecule has 1 nitrogen and oxygen atoms in total. The molecule has 1 atom stereocenters. The molecule has 0 saturated carbocycles. The Morgan fingerprint density at radius 1 is 1.35 bits per heavy atom. The Morgan fingerprint density at radius 3 is 2.76 bits per heavy atom. The third-order valence-electron chi connectivity index (χ3n) is 3.71. The maximum absolute atomic E-state index is 3.76. The third kappa shape index (κ3) is 3.49. The maximum Gasteiger partial charge on any atom is 0.0302 e. The Hall–Kier alpha value is 0.01000. The van der Waals surface area contributed by atoms with Crippen molar-refractivity contribution in [2.45, 2.75) is 46.2 Å². The molecule has 1 saturated heterocycles. The van der Waals surface area contributed by atoms with Gasteiger partial charge in [0.1, 0.15) is 0 Å². The number of thioether (sulfide) groups is 1. The molecule has 0 amide bonds. The van der Waals surface area contributed by atoms with Crippen molar-refractivity contribution in [3.63, 3.8) is 0 Å². The van der Waals surface area contributed by atoms with Crippen LogP contribution in [0.2, 0.25) is 0 Å². The number of thiophene rings is 1. The Morgan fingerprint density at radius 2 is 2.12 bits per heavy atom. The highest BCUT2D eigenvalue weighted by Gasteiger charge is 2.31. The van der Waals surface area contributed by atoms with Gasteiger partial charge in [-0.3, -0.25) is 0 Å². The van der Waals surface area contributed by atoms with Crippen LogP contribution >= 0.6 is 23.1 Å². The molecule has 0 bridgehead atoms. The standard InChI is InChI=1S/C14H23NS2/c1-4-11-5-6-12(17-11)9-15-13-10-16-8-7-14(13,2)3/h5-6,13,15H,4,7-10H2,1-3H3. The minimum absolute atomic E-state index is 0.454. The first-order valence-electron chi connectivity index (χ1n) is 6.50. The van der Waals surface area contributed by atoms with Gasteiger partial charge in [0.25, 0.3) is 0 Å². The smallest absolute Gasteiger partial charge is 0.0302 e. The summed E-state index contributed by atoms with van der Waals surface area (Å²) in [6.45, 7) is 8.07. The summed E-state index contributed by atoms with van der Waals surface area (Å²) in [5.41, 5.74) is 0.454. The van der Waals surface area contributed by atoms with Gasteiger partial charge in [0.05, 0.1) is 0 Å². The first-order valence-corrected chi connectivity index (χ1v) is 8.47. The van der Waals surface area contributed by atoms with E-state index in [0.717, 1.165) is 13.0 Å². The number of rotatable bonds is 4. The number of aryl methyl sites for hydroxylation is 1. The third-order valence-corrected chi connectivity index (χ3v) is 6.00. The lowest BCUT2D eigenvalue weighted by Gasteiger charge is -2.38. The first-order chi connectivity index (χ1) is 8.12. The molecule has 1 aliphatic rings. The van der Waals surface area contributed by atoms with Gasteiger partial charge in [0, 0.05) is 28.1 Å². The molecule has 1 aromatic rings. The zero-order chi connectivity index (χ0) is 12.3. The van der Waals surface area contributed by atoms with Crippen molar-refractivity contribution in [1.29, 1.82) is 0 Å². The maximum atomic E-state index is 3.76. The van der Waals surface area contributed by atoms with Gasteiger partial charge in [-0.1, -0.05) is 20.8 Å². The van der Waals surface area contributed by atoms with Crippen LogP contribution in [0.25, 0.3) is 0 Å². The van der Waals surface area contributed by atoms with Crippen LogP contribution in [0.3, 0.4) is 0 Å². The summed E-state index contributed by atoms with van der Waals surface area (Å²) in [5, 5.41) is 3.76. The Bertz CT molecular complexity index is 357. The van der Waals surface area contributed by atoms with E-state index in [-0.39, 0.29) is 0 Å². The van der Waals surface area contributed by atoms with E-state index in [4.69, 9.17) is 0 Å². The van der Waals surface area contributed by atoms with Crippen molar-refractivity contribution in [1.82, 2.24) is 5.32 Å². The van der Waals surface area contributed by atoms with E-state index in [1.165, 1.54) is 27.7 Å². The zero-order valence-electron chi connectivity index (χ0n) is 11.1. The lowest BCUT2D eigenvalue weighted by atomic mass is 9.82. The van der Waals surface area contributed by atoms with E-state index in [2.05, 4.69) is 50.0 Å². The van der Waals surface area contributed by atoms with Crippen molar-refractivity contribution in [3.05, 3.63) is 21.9 Å². The second kappa shape index (κ2) is 5.77. The second-order valence-corrected chi connectivity index (χ2v) is 7.87. The highest BCUT2D eigenvalue weighted by molar-refractivity contribution is 7.99. The lowest BCUT2D eigenvalue weighted by molar-refractivity contribution is 0.245. The number of hydrogen-bond acceptors (Lipinski definition) is 3. The van der Waals surface area contributed by atoms with Crippen LogP contribution in [0.1, 0.15) is 36.9 Å². The topological polar surface area (TPSA) is 12.0 Å². The summed E-state index contributed by atoms with van der Waals surface area (Å²) in [4.78, 5) is 2.98. The zero-order valence-corrected chi connectivity index (χ0v) is 12.7. The Kier molecular flexibility index (Phi) is 4.56. The molecule has 96 valence electrons. The van der Waals surface area contributed by atoms with Crippen LogP contribution in [0.4, 0.5) is 0 Å².